The highest BCUT2D eigenvalue weighted by Crippen LogP contribution is 2.16. The molecule has 0 aromatic carbocycles. The number of hydrogen-bond donors (Lipinski definition) is 0. The van der Waals surface area contributed by atoms with Crippen LogP contribution in [0.15, 0.2) is 18.7 Å². The van der Waals surface area contributed by atoms with Crippen molar-refractivity contribution in [2.45, 2.75) is 6.54 Å². The molecule has 0 atom stereocenters. The summed E-state index contributed by atoms with van der Waals surface area (Å²) < 4.78 is 1.46. The molecule has 0 N–H and O–H groups in total. The van der Waals surface area contributed by atoms with E-state index in [0.717, 1.165) is 9.80 Å². The van der Waals surface area contributed by atoms with E-state index in [1.165, 1.54) is 31.2 Å². The summed E-state index contributed by atoms with van der Waals surface area (Å²) in [5.74, 6) is -3.62. The van der Waals surface area contributed by atoms with Crippen LogP contribution < -0.4 is 0 Å². The summed E-state index contributed by atoms with van der Waals surface area (Å²) in [6.45, 7) is -0.141. The molecule has 100 valence electrons. The van der Waals surface area contributed by atoms with Crippen molar-refractivity contribution in [2.75, 3.05) is 14.1 Å². The largest absolute Gasteiger partial charge is 0.332 e. The zero-order chi connectivity index (χ0) is 14.2. The van der Waals surface area contributed by atoms with Gasteiger partial charge in [0.15, 0.2) is 11.7 Å². The molecule has 1 fully saturated rings. The van der Waals surface area contributed by atoms with E-state index in [2.05, 4.69) is 4.98 Å². The molecule has 2 rings (SSSR count). The number of hydrogen-bond acceptors (Lipinski definition) is 5. The molecule has 0 radical (unpaired) electrons. The SMILES string of the molecule is CN1C(=O)C(C(=O)Cn2ccnc2)C(=O)N(C)C1=O. The van der Waals surface area contributed by atoms with Crippen LogP contribution in [0.2, 0.25) is 0 Å². The third kappa shape index (κ3) is 2.12. The van der Waals surface area contributed by atoms with Crippen LogP contribution in [0, 0.1) is 5.92 Å². The van der Waals surface area contributed by atoms with Gasteiger partial charge in [-0.3, -0.25) is 24.2 Å². The molecule has 0 saturated carbocycles. The Labute approximate surface area is 108 Å². The number of ketones is 1. The smallest absolute Gasteiger partial charge is 0.330 e. The summed E-state index contributed by atoms with van der Waals surface area (Å²) in [7, 11) is 2.48. The molecule has 1 aromatic rings. The van der Waals surface area contributed by atoms with Crippen molar-refractivity contribution in [1.29, 1.82) is 0 Å². The van der Waals surface area contributed by atoms with E-state index in [0.29, 0.717) is 0 Å². The molecular formula is C11H12N4O4. The Morgan fingerprint density at radius 1 is 1.21 bits per heavy atom. The van der Waals surface area contributed by atoms with Crippen molar-refractivity contribution in [3.05, 3.63) is 18.7 Å². The lowest BCUT2D eigenvalue weighted by Gasteiger charge is -2.32. The number of aromatic nitrogens is 2. The topological polar surface area (TPSA) is 92.6 Å². The number of barbiturate groups is 1. The van der Waals surface area contributed by atoms with E-state index in [1.54, 1.807) is 6.20 Å². The Morgan fingerprint density at radius 3 is 2.26 bits per heavy atom. The second kappa shape index (κ2) is 4.63. The monoisotopic (exact) mass is 264 g/mol. The van der Waals surface area contributed by atoms with Gasteiger partial charge in [0.1, 0.15) is 0 Å². The molecule has 0 unspecified atom stereocenters. The minimum atomic E-state index is -1.46. The molecule has 19 heavy (non-hydrogen) atoms. The number of rotatable bonds is 3. The van der Waals surface area contributed by atoms with Crippen LogP contribution in [0.5, 0.6) is 0 Å². The summed E-state index contributed by atoms with van der Waals surface area (Å²) >= 11 is 0. The van der Waals surface area contributed by atoms with Crippen molar-refractivity contribution >= 4 is 23.6 Å². The number of Topliss-reactive ketones (excluding diaryl/α,β-unsaturated/α-hetero) is 1. The highest BCUT2D eigenvalue weighted by molar-refractivity contribution is 6.26. The van der Waals surface area contributed by atoms with Crippen molar-refractivity contribution in [2.24, 2.45) is 5.92 Å². The van der Waals surface area contributed by atoms with E-state index in [4.69, 9.17) is 0 Å². The maximum atomic E-state index is 12.0. The third-order valence-electron chi connectivity index (χ3n) is 2.95. The van der Waals surface area contributed by atoms with Crippen LogP contribution in [-0.4, -0.2) is 57.1 Å². The quantitative estimate of drug-likeness (QED) is 0.661. The van der Waals surface area contributed by atoms with Gasteiger partial charge in [-0.25, -0.2) is 9.78 Å². The number of urea groups is 1. The van der Waals surface area contributed by atoms with Gasteiger partial charge in [0, 0.05) is 26.5 Å². The van der Waals surface area contributed by atoms with Gasteiger partial charge in [0.2, 0.25) is 0 Å². The molecule has 0 bridgehead atoms. The zero-order valence-corrected chi connectivity index (χ0v) is 10.4. The van der Waals surface area contributed by atoms with Gasteiger partial charge in [0.25, 0.3) is 11.8 Å². The van der Waals surface area contributed by atoms with E-state index in [1.807, 2.05) is 0 Å². The summed E-state index contributed by atoms with van der Waals surface area (Å²) in [6, 6.07) is -0.735. The van der Waals surface area contributed by atoms with Gasteiger partial charge in [-0.05, 0) is 0 Å². The van der Waals surface area contributed by atoms with Gasteiger partial charge >= 0.3 is 6.03 Å². The molecule has 1 aliphatic heterocycles. The first-order valence-corrected chi connectivity index (χ1v) is 5.51. The number of carbonyl (C=O) groups is 4. The Morgan fingerprint density at radius 2 is 1.79 bits per heavy atom. The number of amides is 4. The van der Waals surface area contributed by atoms with E-state index < -0.39 is 29.5 Å². The van der Waals surface area contributed by atoms with Crippen molar-refractivity contribution in [3.8, 4) is 0 Å². The number of nitrogens with zero attached hydrogens (tertiary/aromatic N) is 4. The van der Waals surface area contributed by atoms with Crippen molar-refractivity contribution in [1.82, 2.24) is 19.4 Å². The Hall–Kier alpha value is -2.51. The average Bonchev–Trinajstić information content (AvgIpc) is 2.87. The molecular weight excluding hydrogens is 252 g/mol. The van der Waals surface area contributed by atoms with Crippen LogP contribution in [0.1, 0.15) is 0 Å². The van der Waals surface area contributed by atoms with Gasteiger partial charge in [-0.2, -0.15) is 0 Å². The Balaban J connectivity index is 2.22. The lowest BCUT2D eigenvalue weighted by Crippen LogP contribution is -2.59. The highest BCUT2D eigenvalue weighted by atomic mass is 16.2. The van der Waals surface area contributed by atoms with Crippen LogP contribution in [0.3, 0.4) is 0 Å². The van der Waals surface area contributed by atoms with E-state index >= 15 is 0 Å². The molecule has 8 nitrogen and oxygen atoms in total. The molecule has 0 aliphatic carbocycles. The standard InChI is InChI=1S/C11H12N4O4/c1-13-9(17)8(10(18)14(2)11(13)19)7(16)5-15-4-3-12-6-15/h3-4,6,8H,5H2,1-2H3. The molecule has 0 spiro atoms. The fourth-order valence-corrected chi connectivity index (χ4v) is 1.83. The van der Waals surface area contributed by atoms with E-state index in [-0.39, 0.29) is 6.54 Å². The maximum absolute atomic E-state index is 12.0. The average molecular weight is 264 g/mol. The minimum absolute atomic E-state index is 0.141. The highest BCUT2D eigenvalue weighted by Gasteiger charge is 2.46. The second-order valence-electron chi connectivity index (χ2n) is 4.21. The first-order valence-electron chi connectivity index (χ1n) is 5.51. The number of imide groups is 2. The van der Waals surface area contributed by atoms with Gasteiger partial charge in [0.05, 0.1) is 12.9 Å². The predicted molar refractivity (Wildman–Crippen MR) is 61.7 cm³/mol. The normalized spacial score (nSPS) is 17.3. The molecule has 4 amide bonds. The van der Waals surface area contributed by atoms with Crippen molar-refractivity contribution < 1.29 is 19.2 Å². The lowest BCUT2D eigenvalue weighted by atomic mass is 9.98. The molecule has 1 aromatic heterocycles. The Bertz CT molecular complexity index is 527. The molecule has 1 saturated heterocycles. The molecule has 8 heteroatoms. The third-order valence-corrected chi connectivity index (χ3v) is 2.95. The maximum Gasteiger partial charge on any atom is 0.332 e. The molecule has 2 heterocycles. The molecule has 1 aliphatic rings. The zero-order valence-electron chi connectivity index (χ0n) is 10.4. The Kier molecular flexibility index (Phi) is 3.16. The summed E-state index contributed by atoms with van der Waals surface area (Å²) in [5, 5.41) is 0. The lowest BCUT2D eigenvalue weighted by molar-refractivity contribution is -0.152. The number of carbonyl (C=O) groups excluding carboxylic acids is 4. The summed E-state index contributed by atoms with van der Waals surface area (Å²) in [5.41, 5.74) is 0. The predicted octanol–water partition coefficient (Wildman–Crippen LogP) is -0.881. The van der Waals surface area contributed by atoms with Crippen LogP contribution >= 0.6 is 0 Å². The van der Waals surface area contributed by atoms with Gasteiger partial charge in [-0.15, -0.1) is 0 Å². The van der Waals surface area contributed by atoms with Crippen LogP contribution in [0.25, 0.3) is 0 Å². The second-order valence-corrected chi connectivity index (χ2v) is 4.21. The first-order chi connectivity index (χ1) is 8.93. The van der Waals surface area contributed by atoms with Gasteiger partial charge in [-0.1, -0.05) is 0 Å². The summed E-state index contributed by atoms with van der Waals surface area (Å²) in [6.07, 6.45) is 4.45. The first kappa shape index (κ1) is 12.9. The van der Waals surface area contributed by atoms with Gasteiger partial charge < -0.3 is 4.57 Å². The van der Waals surface area contributed by atoms with Crippen molar-refractivity contribution in [3.63, 3.8) is 0 Å². The fraction of sp³-hybridized carbons (Fsp3) is 0.364. The van der Waals surface area contributed by atoms with Crippen LogP contribution in [-0.2, 0) is 20.9 Å². The van der Waals surface area contributed by atoms with E-state index in [9.17, 15) is 19.2 Å². The number of imidazole rings is 1. The fourth-order valence-electron chi connectivity index (χ4n) is 1.83. The summed E-state index contributed by atoms with van der Waals surface area (Å²) in [4.78, 5) is 52.6. The van der Waals surface area contributed by atoms with Crippen LogP contribution in [0.4, 0.5) is 4.79 Å². The minimum Gasteiger partial charge on any atom is -0.330 e.